The SMILES string of the molecule is Cc1ccc(C=CC(=O)Nc2c(Cl)cccc2Cl)cc1. The molecule has 0 aliphatic carbocycles. The van der Waals surface area contributed by atoms with Crippen molar-refractivity contribution in [1.29, 1.82) is 0 Å². The lowest BCUT2D eigenvalue weighted by molar-refractivity contribution is -0.111. The van der Waals surface area contributed by atoms with E-state index < -0.39 is 0 Å². The molecule has 0 radical (unpaired) electrons. The third-order valence-electron chi connectivity index (χ3n) is 2.72. The first kappa shape index (κ1) is 14.6. The zero-order chi connectivity index (χ0) is 14.5. The van der Waals surface area contributed by atoms with Crippen LogP contribution in [-0.4, -0.2) is 5.91 Å². The van der Waals surface area contributed by atoms with Crippen molar-refractivity contribution in [2.75, 3.05) is 5.32 Å². The van der Waals surface area contributed by atoms with Crippen molar-refractivity contribution in [2.45, 2.75) is 6.92 Å². The van der Waals surface area contributed by atoms with Crippen LogP contribution in [0.5, 0.6) is 0 Å². The van der Waals surface area contributed by atoms with Crippen LogP contribution >= 0.6 is 23.2 Å². The van der Waals surface area contributed by atoms with Gasteiger partial charge in [0, 0.05) is 6.08 Å². The molecule has 0 fully saturated rings. The first-order valence-corrected chi connectivity index (χ1v) is 6.81. The van der Waals surface area contributed by atoms with Gasteiger partial charge < -0.3 is 5.32 Å². The molecule has 2 aromatic carbocycles. The van der Waals surface area contributed by atoms with Gasteiger partial charge in [0.2, 0.25) is 5.91 Å². The van der Waals surface area contributed by atoms with Crippen LogP contribution in [0.2, 0.25) is 10.0 Å². The number of hydrogen-bond acceptors (Lipinski definition) is 1. The van der Waals surface area contributed by atoms with E-state index in [9.17, 15) is 4.79 Å². The Labute approximate surface area is 128 Å². The molecular formula is C16H13Cl2NO. The van der Waals surface area contributed by atoms with E-state index >= 15 is 0 Å². The van der Waals surface area contributed by atoms with Crippen LogP contribution in [0.4, 0.5) is 5.69 Å². The largest absolute Gasteiger partial charge is 0.320 e. The molecule has 20 heavy (non-hydrogen) atoms. The number of carbonyl (C=O) groups is 1. The number of hydrogen-bond donors (Lipinski definition) is 1. The molecule has 0 saturated heterocycles. The highest BCUT2D eigenvalue weighted by Crippen LogP contribution is 2.29. The first-order valence-electron chi connectivity index (χ1n) is 6.06. The quantitative estimate of drug-likeness (QED) is 0.798. The zero-order valence-electron chi connectivity index (χ0n) is 10.9. The van der Waals surface area contributed by atoms with E-state index in [0.29, 0.717) is 15.7 Å². The van der Waals surface area contributed by atoms with Crippen molar-refractivity contribution < 1.29 is 4.79 Å². The van der Waals surface area contributed by atoms with E-state index in [1.807, 2.05) is 31.2 Å². The molecule has 0 aliphatic rings. The van der Waals surface area contributed by atoms with Crippen LogP contribution in [0.3, 0.4) is 0 Å². The van der Waals surface area contributed by atoms with Crippen molar-refractivity contribution in [3.63, 3.8) is 0 Å². The molecule has 1 amide bonds. The molecule has 0 saturated carbocycles. The molecule has 0 heterocycles. The van der Waals surface area contributed by atoms with Crippen molar-refractivity contribution in [1.82, 2.24) is 0 Å². The molecule has 0 unspecified atom stereocenters. The van der Waals surface area contributed by atoms with Gasteiger partial charge in [-0.3, -0.25) is 4.79 Å². The van der Waals surface area contributed by atoms with Crippen molar-refractivity contribution in [3.05, 3.63) is 69.7 Å². The van der Waals surface area contributed by atoms with Crippen LogP contribution in [-0.2, 0) is 4.79 Å². The molecule has 102 valence electrons. The predicted octanol–water partition coefficient (Wildman–Crippen LogP) is 4.95. The number of amides is 1. The van der Waals surface area contributed by atoms with Crippen molar-refractivity contribution in [2.24, 2.45) is 0 Å². The van der Waals surface area contributed by atoms with Gasteiger partial charge in [0.25, 0.3) is 0 Å². The summed E-state index contributed by atoms with van der Waals surface area (Å²) in [4.78, 5) is 11.8. The summed E-state index contributed by atoms with van der Waals surface area (Å²) in [6, 6.07) is 12.9. The number of benzene rings is 2. The van der Waals surface area contributed by atoms with E-state index in [-0.39, 0.29) is 5.91 Å². The van der Waals surface area contributed by atoms with Gasteiger partial charge in [0.05, 0.1) is 15.7 Å². The van der Waals surface area contributed by atoms with Crippen LogP contribution in [0.1, 0.15) is 11.1 Å². The fourth-order valence-corrected chi connectivity index (χ4v) is 2.12. The van der Waals surface area contributed by atoms with Crippen molar-refractivity contribution >= 4 is 40.9 Å². The lowest BCUT2D eigenvalue weighted by atomic mass is 10.1. The van der Waals surface area contributed by atoms with Gasteiger partial charge in [-0.2, -0.15) is 0 Å². The maximum Gasteiger partial charge on any atom is 0.248 e. The molecule has 4 heteroatoms. The summed E-state index contributed by atoms with van der Waals surface area (Å²) in [5, 5.41) is 3.49. The molecule has 2 aromatic rings. The number of para-hydroxylation sites is 1. The van der Waals surface area contributed by atoms with E-state index in [1.165, 1.54) is 11.6 Å². The topological polar surface area (TPSA) is 29.1 Å². The minimum atomic E-state index is -0.277. The molecular weight excluding hydrogens is 293 g/mol. The lowest BCUT2D eigenvalue weighted by Gasteiger charge is -2.06. The molecule has 0 atom stereocenters. The van der Waals surface area contributed by atoms with Gasteiger partial charge in [-0.1, -0.05) is 59.1 Å². The Hall–Kier alpha value is -1.77. The smallest absolute Gasteiger partial charge is 0.248 e. The molecule has 2 rings (SSSR count). The van der Waals surface area contributed by atoms with Crippen LogP contribution in [0.15, 0.2) is 48.5 Å². The summed E-state index contributed by atoms with van der Waals surface area (Å²) in [7, 11) is 0. The number of nitrogens with one attached hydrogen (secondary N) is 1. The van der Waals surface area contributed by atoms with Gasteiger partial charge in [-0.05, 0) is 30.7 Å². The number of aryl methyl sites for hydroxylation is 1. The first-order chi connectivity index (χ1) is 9.56. The van der Waals surface area contributed by atoms with E-state index in [4.69, 9.17) is 23.2 Å². The molecule has 0 spiro atoms. The number of halogens is 2. The average molecular weight is 306 g/mol. The van der Waals surface area contributed by atoms with Crippen LogP contribution < -0.4 is 5.32 Å². The van der Waals surface area contributed by atoms with Gasteiger partial charge in [0.1, 0.15) is 0 Å². The minimum absolute atomic E-state index is 0.277. The predicted molar refractivity (Wildman–Crippen MR) is 85.3 cm³/mol. The van der Waals surface area contributed by atoms with Gasteiger partial charge in [-0.15, -0.1) is 0 Å². The van der Waals surface area contributed by atoms with Crippen molar-refractivity contribution in [3.8, 4) is 0 Å². The number of carbonyl (C=O) groups excluding carboxylic acids is 1. The monoisotopic (exact) mass is 305 g/mol. The van der Waals surface area contributed by atoms with E-state index in [0.717, 1.165) is 5.56 Å². The Morgan fingerprint density at radius 3 is 2.25 bits per heavy atom. The van der Waals surface area contributed by atoms with Crippen LogP contribution in [0.25, 0.3) is 6.08 Å². The number of anilines is 1. The average Bonchev–Trinajstić information content (AvgIpc) is 2.42. The third kappa shape index (κ3) is 3.86. The fourth-order valence-electron chi connectivity index (χ4n) is 1.63. The van der Waals surface area contributed by atoms with Gasteiger partial charge in [-0.25, -0.2) is 0 Å². The number of rotatable bonds is 3. The van der Waals surface area contributed by atoms with Gasteiger partial charge >= 0.3 is 0 Å². The summed E-state index contributed by atoms with van der Waals surface area (Å²) >= 11 is 12.0. The maximum atomic E-state index is 11.8. The second kappa shape index (κ2) is 6.60. The highest BCUT2D eigenvalue weighted by atomic mass is 35.5. The summed E-state index contributed by atoms with van der Waals surface area (Å²) in [5.74, 6) is -0.277. The van der Waals surface area contributed by atoms with E-state index in [2.05, 4.69) is 5.32 Å². The summed E-state index contributed by atoms with van der Waals surface area (Å²) in [6.07, 6.45) is 3.18. The lowest BCUT2D eigenvalue weighted by Crippen LogP contribution is -2.08. The molecule has 0 aromatic heterocycles. The Balaban J connectivity index is 2.07. The highest BCUT2D eigenvalue weighted by Gasteiger charge is 2.07. The summed E-state index contributed by atoms with van der Waals surface area (Å²) in [5.41, 5.74) is 2.56. The second-order valence-corrected chi connectivity index (χ2v) is 5.14. The normalized spacial score (nSPS) is 10.8. The van der Waals surface area contributed by atoms with Crippen LogP contribution in [0, 0.1) is 6.92 Å². The maximum absolute atomic E-state index is 11.8. The standard InChI is InChI=1S/C16H13Cl2NO/c1-11-5-7-12(8-6-11)9-10-15(20)19-16-13(17)3-2-4-14(16)18/h2-10H,1H3,(H,19,20). The Morgan fingerprint density at radius 2 is 1.65 bits per heavy atom. The molecule has 0 aliphatic heterocycles. The summed E-state index contributed by atoms with van der Waals surface area (Å²) in [6.45, 7) is 2.01. The highest BCUT2D eigenvalue weighted by molar-refractivity contribution is 6.39. The minimum Gasteiger partial charge on any atom is -0.320 e. The molecule has 2 nitrogen and oxygen atoms in total. The Bertz CT molecular complexity index is 628. The summed E-state index contributed by atoms with van der Waals surface area (Å²) < 4.78 is 0. The fraction of sp³-hybridized carbons (Fsp3) is 0.0625. The Kier molecular flexibility index (Phi) is 4.83. The van der Waals surface area contributed by atoms with E-state index in [1.54, 1.807) is 24.3 Å². The molecule has 0 bridgehead atoms. The third-order valence-corrected chi connectivity index (χ3v) is 3.35. The zero-order valence-corrected chi connectivity index (χ0v) is 12.4. The second-order valence-electron chi connectivity index (χ2n) is 4.33. The Morgan fingerprint density at radius 1 is 1.05 bits per heavy atom. The molecule has 1 N–H and O–H groups in total. The van der Waals surface area contributed by atoms with Gasteiger partial charge in [0.15, 0.2) is 0 Å².